The van der Waals surface area contributed by atoms with Gasteiger partial charge in [0, 0.05) is 6.42 Å². The van der Waals surface area contributed by atoms with E-state index in [9.17, 15) is 0 Å². The van der Waals surface area contributed by atoms with E-state index in [1.165, 1.54) is 244 Å². The van der Waals surface area contributed by atoms with Gasteiger partial charge in [0.1, 0.15) is 12.4 Å². The minimum Gasteiger partial charge on any atom is -0.234 e. The van der Waals surface area contributed by atoms with E-state index in [0.717, 1.165) is 0 Å². The molecule has 1 aromatic heterocycles. The third-order valence-corrected chi connectivity index (χ3v) is 10.6. The predicted octanol–water partition coefficient (Wildman–Crippen LogP) is 15.0. The van der Waals surface area contributed by atoms with Crippen molar-refractivity contribution in [3.8, 4) is 0 Å². The molecule has 0 N–H and O–H groups in total. The van der Waals surface area contributed by atoms with Crippen LogP contribution in [0.3, 0.4) is 0 Å². The molecular weight excluding hydrogens is 556 g/mol. The van der Waals surface area contributed by atoms with Crippen LogP contribution >= 0.6 is 0 Å². The number of rotatable bonds is 38. The highest BCUT2D eigenvalue weighted by molar-refractivity contribution is 4.84. The van der Waals surface area contributed by atoms with Crippen LogP contribution in [-0.4, -0.2) is 4.57 Å². The Balaban J connectivity index is 2.20. The smallest absolute Gasteiger partial charge is 0.234 e. The monoisotopic (exact) mass is 644 g/mol. The van der Waals surface area contributed by atoms with E-state index in [1.54, 1.807) is 5.82 Å². The molecule has 2 heteroatoms. The number of aromatic nitrogens is 2. The summed E-state index contributed by atoms with van der Waals surface area (Å²) in [5, 5.41) is 0. The molecule has 0 fully saturated rings. The molecule has 0 saturated carbocycles. The molecule has 0 unspecified atom stereocenters. The number of hydrogen-bond donors (Lipinski definition) is 0. The summed E-state index contributed by atoms with van der Waals surface area (Å²) in [6.45, 7) is 9.41. The van der Waals surface area contributed by atoms with Gasteiger partial charge in [-0.2, -0.15) is 0 Å². The molecule has 0 amide bonds. The summed E-state index contributed by atoms with van der Waals surface area (Å²) in [6, 6.07) is 0. The summed E-state index contributed by atoms with van der Waals surface area (Å²) >= 11 is 0. The molecule has 1 aromatic rings. The fourth-order valence-corrected chi connectivity index (χ4v) is 7.39. The quantitative estimate of drug-likeness (QED) is 0.0501. The summed E-state index contributed by atoms with van der Waals surface area (Å²) in [5.74, 6) is 1.62. The second kappa shape index (κ2) is 35.5. The maximum absolute atomic E-state index is 2.64. The van der Waals surface area contributed by atoms with Crippen molar-refractivity contribution in [2.75, 3.05) is 0 Å². The molecule has 272 valence electrons. The lowest BCUT2D eigenvalue weighted by Crippen LogP contribution is -2.37. The Labute approximate surface area is 291 Å². The first-order valence-corrected chi connectivity index (χ1v) is 21.9. The average Bonchev–Trinajstić information content (AvgIpc) is 3.45. The van der Waals surface area contributed by atoms with Crippen LogP contribution in [0, 0.1) is 0 Å². The third-order valence-electron chi connectivity index (χ3n) is 10.6. The van der Waals surface area contributed by atoms with Crippen LogP contribution in [0.2, 0.25) is 0 Å². The van der Waals surface area contributed by atoms with Crippen LogP contribution in [0.25, 0.3) is 0 Å². The number of hydrogen-bond acceptors (Lipinski definition) is 0. The van der Waals surface area contributed by atoms with Crippen molar-refractivity contribution in [1.29, 1.82) is 0 Å². The maximum Gasteiger partial charge on any atom is 0.256 e. The summed E-state index contributed by atoms with van der Waals surface area (Å²) in [4.78, 5) is 0. The van der Waals surface area contributed by atoms with E-state index in [1.807, 2.05) is 0 Å². The Hall–Kier alpha value is -0.790. The van der Waals surface area contributed by atoms with Crippen LogP contribution in [-0.2, 0) is 19.5 Å². The number of aryl methyl sites for hydroxylation is 2. The van der Waals surface area contributed by atoms with Crippen LogP contribution < -0.4 is 4.57 Å². The van der Waals surface area contributed by atoms with E-state index >= 15 is 0 Å². The van der Waals surface area contributed by atoms with E-state index in [0.29, 0.717) is 0 Å². The Morgan fingerprint density at radius 1 is 0.370 bits per heavy atom. The van der Waals surface area contributed by atoms with Crippen molar-refractivity contribution >= 4 is 0 Å². The summed E-state index contributed by atoms with van der Waals surface area (Å²) in [7, 11) is 0. The first kappa shape index (κ1) is 43.2. The van der Waals surface area contributed by atoms with Crippen LogP contribution in [0.15, 0.2) is 12.4 Å². The van der Waals surface area contributed by atoms with Gasteiger partial charge in [0.2, 0.25) is 0 Å². The summed E-state index contributed by atoms with van der Waals surface area (Å²) in [5.41, 5.74) is 0. The normalized spacial score (nSPS) is 11.6. The highest BCUT2D eigenvalue weighted by atomic mass is 15.1. The van der Waals surface area contributed by atoms with E-state index < -0.39 is 0 Å². The zero-order valence-electron chi connectivity index (χ0n) is 32.4. The van der Waals surface area contributed by atoms with Gasteiger partial charge < -0.3 is 0 Å². The second-order valence-electron chi connectivity index (χ2n) is 15.2. The molecule has 0 bridgehead atoms. The summed E-state index contributed by atoms with van der Waals surface area (Å²) < 4.78 is 5.27. The standard InChI is InChI=1S/C44H87N2/c1-4-7-10-13-16-18-20-22-24-26-28-30-32-35-38-41-46-43-42-45(40-37-34-15-12-9-6-3)44(46)39-36-33-31-29-27-25-23-21-19-17-14-11-8-5-2/h42-43H,4-41H2,1-3H3/q+1. The van der Waals surface area contributed by atoms with Crippen LogP contribution in [0.1, 0.15) is 251 Å². The molecule has 0 aliphatic rings. The van der Waals surface area contributed by atoms with Crippen LogP contribution in [0.4, 0.5) is 0 Å². The maximum atomic E-state index is 2.64. The van der Waals surface area contributed by atoms with Gasteiger partial charge in [0.05, 0.1) is 13.1 Å². The van der Waals surface area contributed by atoms with Crippen molar-refractivity contribution < 1.29 is 4.57 Å². The van der Waals surface area contributed by atoms with E-state index in [-0.39, 0.29) is 0 Å². The van der Waals surface area contributed by atoms with E-state index in [4.69, 9.17) is 0 Å². The van der Waals surface area contributed by atoms with Gasteiger partial charge in [0.15, 0.2) is 0 Å². The van der Waals surface area contributed by atoms with Gasteiger partial charge in [-0.05, 0) is 32.1 Å². The minimum absolute atomic E-state index is 1.23. The van der Waals surface area contributed by atoms with E-state index in [2.05, 4.69) is 42.3 Å². The molecule has 0 atom stereocenters. The average molecular weight is 644 g/mol. The Kier molecular flexibility index (Phi) is 33.4. The van der Waals surface area contributed by atoms with Gasteiger partial charge >= 0.3 is 0 Å². The third kappa shape index (κ3) is 27.2. The second-order valence-corrected chi connectivity index (χ2v) is 15.2. The van der Waals surface area contributed by atoms with Crippen molar-refractivity contribution in [2.24, 2.45) is 0 Å². The molecule has 46 heavy (non-hydrogen) atoms. The minimum atomic E-state index is 1.23. The lowest BCUT2D eigenvalue weighted by Gasteiger charge is -2.07. The predicted molar refractivity (Wildman–Crippen MR) is 207 cm³/mol. The van der Waals surface area contributed by atoms with Gasteiger partial charge in [-0.1, -0.05) is 213 Å². The lowest BCUT2D eigenvalue weighted by atomic mass is 10.0. The molecule has 1 heterocycles. The molecule has 1 rings (SSSR count). The zero-order valence-corrected chi connectivity index (χ0v) is 32.4. The molecule has 0 radical (unpaired) electrons. The Bertz CT molecular complexity index is 707. The first-order chi connectivity index (χ1) is 22.8. The van der Waals surface area contributed by atoms with Crippen molar-refractivity contribution in [3.63, 3.8) is 0 Å². The molecule has 0 aromatic carbocycles. The molecular formula is C44H87N2+. The van der Waals surface area contributed by atoms with Gasteiger partial charge in [-0.15, -0.1) is 0 Å². The SMILES string of the molecule is CCCCCCCCCCCCCCCCC[n+]1ccn(CCCCCCCC)c1CCCCCCCCCCCCCCCC. The molecule has 0 spiro atoms. The van der Waals surface area contributed by atoms with Crippen molar-refractivity contribution in [1.82, 2.24) is 4.57 Å². The highest BCUT2D eigenvalue weighted by Crippen LogP contribution is 2.16. The van der Waals surface area contributed by atoms with Crippen molar-refractivity contribution in [3.05, 3.63) is 18.2 Å². The summed E-state index contributed by atoms with van der Waals surface area (Å²) in [6.07, 6.45) is 56.4. The number of unbranched alkanes of at least 4 members (excludes halogenated alkanes) is 32. The molecule has 0 aliphatic heterocycles. The fraction of sp³-hybridized carbons (Fsp3) is 0.932. The van der Waals surface area contributed by atoms with Crippen molar-refractivity contribution in [2.45, 2.75) is 265 Å². The Morgan fingerprint density at radius 3 is 1.04 bits per heavy atom. The Morgan fingerprint density at radius 2 is 0.674 bits per heavy atom. The molecule has 2 nitrogen and oxygen atoms in total. The van der Waals surface area contributed by atoms with Crippen LogP contribution in [0.5, 0.6) is 0 Å². The largest absolute Gasteiger partial charge is 0.256 e. The molecule has 0 aliphatic carbocycles. The molecule has 0 saturated heterocycles. The number of imidazole rings is 1. The topological polar surface area (TPSA) is 8.81 Å². The first-order valence-electron chi connectivity index (χ1n) is 21.9. The highest BCUT2D eigenvalue weighted by Gasteiger charge is 2.16. The fourth-order valence-electron chi connectivity index (χ4n) is 7.39. The van der Waals surface area contributed by atoms with Gasteiger partial charge in [-0.25, -0.2) is 9.13 Å². The lowest BCUT2D eigenvalue weighted by molar-refractivity contribution is -0.704. The van der Waals surface area contributed by atoms with Gasteiger partial charge in [-0.3, -0.25) is 0 Å². The number of nitrogens with zero attached hydrogens (tertiary/aromatic N) is 2. The van der Waals surface area contributed by atoms with Gasteiger partial charge in [0.25, 0.3) is 5.82 Å². The zero-order chi connectivity index (χ0) is 33.0.